The lowest BCUT2D eigenvalue weighted by atomic mass is 9.68. The quantitative estimate of drug-likeness (QED) is 0.553. The molecule has 140 valence electrons. The van der Waals surface area contributed by atoms with Crippen molar-refractivity contribution < 1.29 is 18.8 Å². The first-order chi connectivity index (χ1) is 12.2. The fourth-order valence-electron chi connectivity index (χ4n) is 3.31. The normalized spacial score (nSPS) is 19.7. The first-order valence-electron chi connectivity index (χ1n) is 9.15. The second-order valence-corrected chi connectivity index (χ2v) is 8.91. The van der Waals surface area contributed by atoms with Crippen LogP contribution in [0.2, 0.25) is 0 Å². The number of ether oxygens (including phenoxy) is 1. The number of benzene rings is 1. The summed E-state index contributed by atoms with van der Waals surface area (Å²) in [5, 5.41) is 1.22. The van der Waals surface area contributed by atoms with E-state index in [0.717, 1.165) is 4.88 Å². The maximum absolute atomic E-state index is 12.3. The van der Waals surface area contributed by atoms with Gasteiger partial charge in [-0.1, -0.05) is 18.2 Å². The Morgan fingerprint density at radius 1 is 1.19 bits per heavy atom. The molecule has 1 aliphatic heterocycles. The molecule has 2 aromatic rings. The van der Waals surface area contributed by atoms with E-state index in [2.05, 4.69) is 19.1 Å². The zero-order chi connectivity index (χ0) is 19.1. The lowest BCUT2D eigenvalue weighted by Gasteiger charge is -2.32. The van der Waals surface area contributed by atoms with Gasteiger partial charge in [0.25, 0.3) is 0 Å². The van der Waals surface area contributed by atoms with Gasteiger partial charge in [0.2, 0.25) is 0 Å². The van der Waals surface area contributed by atoms with Crippen molar-refractivity contribution in [2.45, 2.75) is 65.0 Å². The van der Waals surface area contributed by atoms with Crippen LogP contribution in [0, 0.1) is 6.92 Å². The molecule has 0 saturated carbocycles. The van der Waals surface area contributed by atoms with Crippen molar-refractivity contribution >= 4 is 34.5 Å². The minimum absolute atomic E-state index is 0.188. The van der Waals surface area contributed by atoms with Gasteiger partial charge in [0.15, 0.2) is 0 Å². The highest BCUT2D eigenvalue weighted by atomic mass is 32.1. The predicted molar refractivity (Wildman–Crippen MR) is 107 cm³/mol. The van der Waals surface area contributed by atoms with Crippen LogP contribution >= 0.6 is 11.3 Å². The molecule has 3 rings (SSSR count). The fourth-order valence-corrected chi connectivity index (χ4v) is 4.64. The summed E-state index contributed by atoms with van der Waals surface area (Å²) in [6, 6.07) is 8.32. The molecule has 0 N–H and O–H groups in total. The summed E-state index contributed by atoms with van der Waals surface area (Å²) in [6.45, 7) is 12.4. The Morgan fingerprint density at radius 3 is 2.38 bits per heavy atom. The van der Waals surface area contributed by atoms with E-state index in [4.69, 9.17) is 14.0 Å². The zero-order valence-electron chi connectivity index (χ0n) is 16.4. The van der Waals surface area contributed by atoms with Gasteiger partial charge in [-0.3, -0.25) is 4.79 Å². The van der Waals surface area contributed by atoms with Crippen LogP contribution < -0.4 is 0 Å². The van der Waals surface area contributed by atoms with E-state index in [0.29, 0.717) is 6.61 Å². The highest BCUT2D eigenvalue weighted by molar-refractivity contribution is 7.19. The third-order valence-electron chi connectivity index (χ3n) is 5.51. The van der Waals surface area contributed by atoms with Gasteiger partial charge in [-0.05, 0) is 58.6 Å². The van der Waals surface area contributed by atoms with Crippen LogP contribution in [0.25, 0.3) is 10.1 Å². The average Bonchev–Trinajstić information content (AvgIpc) is 2.99. The van der Waals surface area contributed by atoms with Gasteiger partial charge in [-0.15, -0.1) is 11.3 Å². The smallest absolute Gasteiger partial charge is 0.466 e. The van der Waals surface area contributed by atoms with Crippen molar-refractivity contribution in [3.8, 4) is 0 Å². The van der Waals surface area contributed by atoms with E-state index in [1.165, 1.54) is 15.6 Å². The number of fused-ring (bicyclic) bond motifs is 1. The molecule has 0 radical (unpaired) electrons. The second kappa shape index (κ2) is 6.99. The van der Waals surface area contributed by atoms with Crippen molar-refractivity contribution in [3.05, 3.63) is 34.7 Å². The summed E-state index contributed by atoms with van der Waals surface area (Å²) in [4.78, 5) is 13.4. The standard InChI is InChI=1S/C20H27BO4S/c1-7-23-17(22)12-15(21-24-19(3,4)20(5,6)25-21)18-13(2)14-10-8-9-11-16(14)26-18/h8-11,15H,7,12H2,1-6H3. The van der Waals surface area contributed by atoms with Gasteiger partial charge in [-0.25, -0.2) is 0 Å². The lowest BCUT2D eigenvalue weighted by molar-refractivity contribution is -0.143. The molecule has 0 bridgehead atoms. The van der Waals surface area contributed by atoms with Crippen molar-refractivity contribution in [2.75, 3.05) is 6.61 Å². The molecule has 0 aliphatic carbocycles. The van der Waals surface area contributed by atoms with Crippen LogP contribution in [0.5, 0.6) is 0 Å². The van der Waals surface area contributed by atoms with E-state index in [1.807, 2.05) is 46.8 Å². The summed E-state index contributed by atoms with van der Waals surface area (Å²) in [6.07, 6.45) is 0.248. The number of rotatable bonds is 5. The van der Waals surface area contributed by atoms with Crippen LogP contribution in [-0.4, -0.2) is 30.9 Å². The number of aryl methyl sites for hydroxylation is 1. The van der Waals surface area contributed by atoms with Crippen molar-refractivity contribution in [3.63, 3.8) is 0 Å². The molecule has 1 aliphatic rings. The Labute approximate surface area is 160 Å². The molecule has 1 fully saturated rings. The van der Waals surface area contributed by atoms with Crippen molar-refractivity contribution in [2.24, 2.45) is 0 Å². The molecule has 1 aromatic carbocycles. The van der Waals surface area contributed by atoms with Crippen LogP contribution in [0.15, 0.2) is 24.3 Å². The van der Waals surface area contributed by atoms with Crippen LogP contribution in [-0.2, 0) is 18.8 Å². The highest BCUT2D eigenvalue weighted by Crippen LogP contribution is 2.45. The minimum Gasteiger partial charge on any atom is -0.466 e. The zero-order valence-corrected chi connectivity index (χ0v) is 17.2. The molecular weight excluding hydrogens is 347 g/mol. The second-order valence-electron chi connectivity index (χ2n) is 7.83. The van der Waals surface area contributed by atoms with Gasteiger partial charge < -0.3 is 14.0 Å². The van der Waals surface area contributed by atoms with E-state index >= 15 is 0 Å². The Hall–Kier alpha value is -1.37. The van der Waals surface area contributed by atoms with Gasteiger partial charge in [0, 0.05) is 15.4 Å². The lowest BCUT2D eigenvalue weighted by Crippen LogP contribution is -2.41. The highest BCUT2D eigenvalue weighted by Gasteiger charge is 2.54. The number of carbonyl (C=O) groups excluding carboxylic acids is 1. The molecule has 2 heterocycles. The molecular formula is C20H27BO4S. The molecule has 6 heteroatoms. The average molecular weight is 374 g/mol. The molecule has 0 amide bonds. The van der Waals surface area contributed by atoms with Crippen molar-refractivity contribution in [1.29, 1.82) is 0 Å². The maximum atomic E-state index is 12.3. The first kappa shape index (κ1) is 19.4. The molecule has 1 atom stereocenters. The molecule has 26 heavy (non-hydrogen) atoms. The Kier molecular flexibility index (Phi) is 5.21. The maximum Gasteiger partial charge on any atom is 0.467 e. The Morgan fingerprint density at radius 2 is 1.81 bits per heavy atom. The third kappa shape index (κ3) is 3.42. The topological polar surface area (TPSA) is 44.8 Å². The fraction of sp³-hybridized carbons (Fsp3) is 0.550. The largest absolute Gasteiger partial charge is 0.467 e. The number of carbonyl (C=O) groups is 1. The number of esters is 1. The number of hydrogen-bond donors (Lipinski definition) is 0. The van der Waals surface area contributed by atoms with E-state index in [9.17, 15) is 4.79 Å². The first-order valence-corrected chi connectivity index (χ1v) is 9.97. The number of hydrogen-bond acceptors (Lipinski definition) is 5. The SMILES string of the molecule is CCOC(=O)CC(B1OC(C)(C)C(C)(C)O1)c1sc2ccccc2c1C. The van der Waals surface area contributed by atoms with E-state index < -0.39 is 18.3 Å². The van der Waals surface area contributed by atoms with Gasteiger partial charge in [0.1, 0.15) is 0 Å². The van der Waals surface area contributed by atoms with Gasteiger partial charge in [-0.2, -0.15) is 0 Å². The van der Waals surface area contributed by atoms with E-state index in [-0.39, 0.29) is 18.2 Å². The molecule has 1 unspecified atom stereocenters. The predicted octanol–water partition coefficient (Wildman–Crippen LogP) is 4.88. The van der Waals surface area contributed by atoms with E-state index in [1.54, 1.807) is 11.3 Å². The van der Waals surface area contributed by atoms with Crippen molar-refractivity contribution in [1.82, 2.24) is 0 Å². The molecule has 1 aromatic heterocycles. The summed E-state index contributed by atoms with van der Waals surface area (Å²) in [5.74, 6) is -0.406. The monoisotopic (exact) mass is 374 g/mol. The Balaban J connectivity index is 2.01. The minimum atomic E-state index is -0.476. The summed E-state index contributed by atoms with van der Waals surface area (Å²) in [7, 11) is -0.476. The summed E-state index contributed by atoms with van der Waals surface area (Å²) >= 11 is 1.71. The summed E-state index contributed by atoms with van der Waals surface area (Å²) < 4.78 is 19.0. The van der Waals surface area contributed by atoms with Crippen LogP contribution in [0.1, 0.15) is 57.3 Å². The van der Waals surface area contributed by atoms with Crippen LogP contribution in [0.3, 0.4) is 0 Å². The van der Waals surface area contributed by atoms with Gasteiger partial charge >= 0.3 is 13.1 Å². The van der Waals surface area contributed by atoms with Gasteiger partial charge in [0.05, 0.1) is 24.2 Å². The number of thiophene rings is 1. The Bertz CT molecular complexity index is 795. The summed E-state index contributed by atoms with van der Waals surface area (Å²) in [5.41, 5.74) is 0.319. The molecule has 0 spiro atoms. The molecule has 4 nitrogen and oxygen atoms in total. The molecule has 1 saturated heterocycles. The van der Waals surface area contributed by atoms with Crippen LogP contribution in [0.4, 0.5) is 0 Å². The third-order valence-corrected chi connectivity index (χ3v) is 6.91.